The molecular weight excluding hydrogens is 427 g/mol. The van der Waals surface area contributed by atoms with Gasteiger partial charge in [0.25, 0.3) is 0 Å². The quantitative estimate of drug-likeness (QED) is 0.410. The second-order valence-electron chi connectivity index (χ2n) is 5.67. The number of benzene rings is 1. The molecule has 0 spiro atoms. The Balaban J connectivity index is 0.00000484. The van der Waals surface area contributed by atoms with E-state index in [9.17, 15) is 4.79 Å². The van der Waals surface area contributed by atoms with E-state index in [1.165, 1.54) is 4.90 Å². The molecule has 0 radical (unpaired) electrons. The second-order valence-corrected chi connectivity index (χ2v) is 6.11. The Hall–Kier alpha value is -1.02. The molecule has 0 aliphatic rings. The summed E-state index contributed by atoms with van der Waals surface area (Å²) < 4.78 is 0. The lowest BCUT2D eigenvalue weighted by atomic mass is 10.1. The summed E-state index contributed by atoms with van der Waals surface area (Å²) in [6, 6.07) is 7.93. The number of carbonyl (C=O) groups excluding carboxylic acids is 1. The van der Waals surface area contributed by atoms with E-state index in [-0.39, 0.29) is 48.5 Å². The number of nitrogens with one attached hydrogen (secondary N) is 2. The fourth-order valence-electron chi connectivity index (χ4n) is 1.73. The predicted molar refractivity (Wildman–Crippen MR) is 108 cm³/mol. The van der Waals surface area contributed by atoms with Crippen LogP contribution in [0, 0.1) is 0 Å². The molecule has 0 bridgehead atoms. The van der Waals surface area contributed by atoms with Crippen molar-refractivity contribution >= 4 is 47.4 Å². The van der Waals surface area contributed by atoms with E-state index in [0.717, 1.165) is 5.56 Å². The summed E-state index contributed by atoms with van der Waals surface area (Å²) in [5, 5.41) is 7.24. The minimum atomic E-state index is -0.0380. The largest absolute Gasteiger partial charge is 0.354 e. The molecule has 1 aromatic rings. The molecule has 0 aromatic heterocycles. The number of carbonyl (C=O) groups is 1. The highest BCUT2D eigenvalue weighted by atomic mass is 127. The Labute approximate surface area is 160 Å². The summed E-state index contributed by atoms with van der Waals surface area (Å²) in [7, 11) is 3.44. The maximum absolute atomic E-state index is 11.7. The van der Waals surface area contributed by atoms with Crippen molar-refractivity contribution in [3.8, 4) is 0 Å². The Morgan fingerprint density at radius 3 is 2.22 bits per heavy atom. The fourth-order valence-corrected chi connectivity index (χ4v) is 1.86. The highest BCUT2D eigenvalue weighted by Gasteiger charge is 2.10. The van der Waals surface area contributed by atoms with Crippen LogP contribution in [0.25, 0.3) is 0 Å². The van der Waals surface area contributed by atoms with Crippen LogP contribution >= 0.6 is 35.6 Å². The van der Waals surface area contributed by atoms with Crippen molar-refractivity contribution in [1.82, 2.24) is 15.5 Å². The summed E-state index contributed by atoms with van der Waals surface area (Å²) in [6.45, 7) is 6.20. The number of hydrogen-bond acceptors (Lipinski definition) is 2. The van der Waals surface area contributed by atoms with Gasteiger partial charge >= 0.3 is 0 Å². The Kier molecular flexibility index (Phi) is 10.2. The average Bonchev–Trinajstić information content (AvgIpc) is 2.44. The zero-order valence-electron chi connectivity index (χ0n) is 14.3. The van der Waals surface area contributed by atoms with E-state index in [4.69, 9.17) is 11.6 Å². The molecule has 130 valence electrons. The van der Waals surface area contributed by atoms with E-state index < -0.39 is 0 Å². The highest BCUT2D eigenvalue weighted by Crippen LogP contribution is 2.15. The standard InChI is InChI=1S/C16H25ClN4O.HI/c1-11(2)19-16(18-10-15(22)21(4)5)20-12(3)13-6-8-14(17)9-7-13;/h6-9,11-12H,10H2,1-5H3,(H2,18,19,20);1H. The number of hydrogen-bond donors (Lipinski definition) is 2. The summed E-state index contributed by atoms with van der Waals surface area (Å²) in [6.07, 6.45) is 0. The van der Waals surface area contributed by atoms with Gasteiger partial charge in [-0.25, -0.2) is 4.99 Å². The molecule has 1 unspecified atom stereocenters. The molecular formula is C16H26ClIN4O. The summed E-state index contributed by atoms with van der Waals surface area (Å²) >= 11 is 5.91. The smallest absolute Gasteiger partial charge is 0.243 e. The van der Waals surface area contributed by atoms with Crippen LogP contribution in [0.3, 0.4) is 0 Å². The number of rotatable bonds is 5. The number of likely N-dealkylation sites (N-methyl/N-ethyl adjacent to an activating group) is 1. The molecule has 1 aromatic carbocycles. The molecule has 0 aliphatic heterocycles. The van der Waals surface area contributed by atoms with Gasteiger partial charge in [-0.05, 0) is 38.5 Å². The van der Waals surface area contributed by atoms with E-state index in [1.54, 1.807) is 14.1 Å². The van der Waals surface area contributed by atoms with Crippen molar-refractivity contribution < 1.29 is 4.79 Å². The van der Waals surface area contributed by atoms with Gasteiger partial charge < -0.3 is 15.5 Å². The van der Waals surface area contributed by atoms with Gasteiger partial charge in [0, 0.05) is 25.2 Å². The lowest BCUT2D eigenvalue weighted by Crippen LogP contribution is -2.43. The first-order valence-electron chi connectivity index (χ1n) is 7.32. The van der Waals surface area contributed by atoms with Gasteiger partial charge in [-0.3, -0.25) is 4.79 Å². The normalized spacial score (nSPS) is 12.4. The van der Waals surface area contributed by atoms with Crippen LogP contribution in [-0.4, -0.2) is 43.4 Å². The van der Waals surface area contributed by atoms with Gasteiger partial charge in [0.15, 0.2) is 5.96 Å². The third-order valence-electron chi connectivity index (χ3n) is 3.02. The van der Waals surface area contributed by atoms with E-state index >= 15 is 0 Å². The molecule has 0 saturated carbocycles. The molecule has 2 N–H and O–H groups in total. The third-order valence-corrected chi connectivity index (χ3v) is 3.27. The predicted octanol–water partition coefficient (Wildman–Crippen LogP) is 3.05. The number of guanidine groups is 1. The fraction of sp³-hybridized carbons (Fsp3) is 0.500. The van der Waals surface area contributed by atoms with Gasteiger partial charge in [0.2, 0.25) is 5.91 Å². The first-order valence-corrected chi connectivity index (χ1v) is 7.70. The molecule has 5 nitrogen and oxygen atoms in total. The minimum absolute atomic E-state index is 0. The van der Waals surface area contributed by atoms with E-state index in [1.807, 2.05) is 45.0 Å². The molecule has 23 heavy (non-hydrogen) atoms. The summed E-state index contributed by atoms with van der Waals surface area (Å²) in [5.41, 5.74) is 1.10. The zero-order chi connectivity index (χ0) is 16.7. The van der Waals surface area contributed by atoms with E-state index in [2.05, 4.69) is 15.6 Å². The number of nitrogens with zero attached hydrogens (tertiary/aromatic N) is 2. The van der Waals surface area contributed by atoms with Crippen molar-refractivity contribution in [1.29, 1.82) is 0 Å². The van der Waals surface area contributed by atoms with Crippen molar-refractivity contribution in [2.75, 3.05) is 20.6 Å². The Bertz CT molecular complexity index is 517. The molecule has 0 fully saturated rings. The summed E-state index contributed by atoms with van der Waals surface area (Å²) in [5.74, 6) is 0.580. The van der Waals surface area contributed by atoms with Crippen LogP contribution in [-0.2, 0) is 4.79 Å². The average molecular weight is 453 g/mol. The molecule has 0 aliphatic carbocycles. The lowest BCUT2D eigenvalue weighted by molar-refractivity contribution is -0.127. The Morgan fingerprint density at radius 2 is 1.74 bits per heavy atom. The summed E-state index contributed by atoms with van der Waals surface area (Å²) in [4.78, 5) is 17.5. The van der Waals surface area contributed by atoms with Crippen molar-refractivity contribution in [2.24, 2.45) is 4.99 Å². The van der Waals surface area contributed by atoms with Crippen molar-refractivity contribution in [3.05, 3.63) is 34.9 Å². The van der Waals surface area contributed by atoms with Crippen LogP contribution < -0.4 is 10.6 Å². The topological polar surface area (TPSA) is 56.7 Å². The van der Waals surface area contributed by atoms with Gasteiger partial charge in [0.05, 0.1) is 6.04 Å². The van der Waals surface area contributed by atoms with Crippen LogP contribution in [0.15, 0.2) is 29.3 Å². The van der Waals surface area contributed by atoms with Crippen LogP contribution in [0.4, 0.5) is 0 Å². The first-order chi connectivity index (χ1) is 10.3. The molecule has 0 saturated heterocycles. The third kappa shape index (κ3) is 8.41. The number of aliphatic imine (C=N–C) groups is 1. The molecule has 1 amide bonds. The second kappa shape index (κ2) is 10.7. The maximum atomic E-state index is 11.7. The molecule has 1 rings (SSSR count). The number of halogens is 2. The lowest BCUT2D eigenvalue weighted by Gasteiger charge is -2.20. The van der Waals surface area contributed by atoms with Gasteiger partial charge in [0.1, 0.15) is 6.54 Å². The van der Waals surface area contributed by atoms with Crippen LogP contribution in [0.5, 0.6) is 0 Å². The van der Waals surface area contributed by atoms with Gasteiger partial charge in [-0.15, -0.1) is 24.0 Å². The monoisotopic (exact) mass is 452 g/mol. The maximum Gasteiger partial charge on any atom is 0.243 e. The Morgan fingerprint density at radius 1 is 1.17 bits per heavy atom. The molecule has 1 atom stereocenters. The molecule has 7 heteroatoms. The van der Waals surface area contributed by atoms with Crippen LogP contribution in [0.1, 0.15) is 32.4 Å². The van der Waals surface area contributed by atoms with Crippen molar-refractivity contribution in [3.63, 3.8) is 0 Å². The SMILES string of the molecule is CC(C)NC(=NCC(=O)N(C)C)NC(C)c1ccc(Cl)cc1.I. The first kappa shape index (κ1) is 22.0. The highest BCUT2D eigenvalue weighted by molar-refractivity contribution is 14.0. The van der Waals surface area contributed by atoms with E-state index in [0.29, 0.717) is 11.0 Å². The van der Waals surface area contributed by atoms with Crippen LogP contribution in [0.2, 0.25) is 5.02 Å². The zero-order valence-corrected chi connectivity index (χ0v) is 17.3. The number of amides is 1. The van der Waals surface area contributed by atoms with Gasteiger partial charge in [-0.2, -0.15) is 0 Å². The van der Waals surface area contributed by atoms with Gasteiger partial charge in [-0.1, -0.05) is 23.7 Å². The molecule has 0 heterocycles. The minimum Gasteiger partial charge on any atom is -0.354 e. The van der Waals surface area contributed by atoms with Crippen molar-refractivity contribution in [2.45, 2.75) is 32.9 Å².